The van der Waals surface area contributed by atoms with Crippen molar-refractivity contribution in [2.75, 3.05) is 18.4 Å². The van der Waals surface area contributed by atoms with Gasteiger partial charge in [0, 0.05) is 35.6 Å². The number of hydrogen-bond donors (Lipinski definition) is 2. The molecule has 0 bridgehead atoms. The normalized spacial score (nSPS) is 22.4. The maximum absolute atomic E-state index is 13.1. The van der Waals surface area contributed by atoms with Crippen LogP contribution >= 0.6 is 11.3 Å². The standard InChI is InChI=1S/C22H24N6O2S/c1-15-7-8-17(31-15)20(29)27-11-9-22(13-27)10-12-28-19(23-14-24-28)18(22)26-21(30)25-16-5-3-2-4-6-16/h2-8,14,18H,9-13H2,1H3,(H2,25,26,30)/t18-,22+/m0/s1. The third kappa shape index (κ3) is 3.69. The van der Waals surface area contributed by atoms with E-state index >= 15 is 0 Å². The first kappa shape index (κ1) is 19.7. The van der Waals surface area contributed by atoms with E-state index in [1.807, 2.05) is 59.0 Å². The molecular formula is C22H24N6O2S. The highest BCUT2D eigenvalue weighted by Crippen LogP contribution is 2.47. The number of aryl methyl sites for hydroxylation is 2. The lowest BCUT2D eigenvalue weighted by Crippen LogP contribution is -2.49. The van der Waals surface area contributed by atoms with Gasteiger partial charge in [-0.2, -0.15) is 5.10 Å². The highest BCUT2D eigenvalue weighted by Gasteiger charge is 2.51. The lowest BCUT2D eigenvalue weighted by atomic mass is 9.74. The summed E-state index contributed by atoms with van der Waals surface area (Å²) >= 11 is 1.52. The number of anilines is 1. The second-order valence-corrected chi connectivity index (χ2v) is 9.53. The molecule has 1 saturated heterocycles. The van der Waals surface area contributed by atoms with Gasteiger partial charge in [-0.1, -0.05) is 18.2 Å². The molecule has 1 spiro atoms. The first-order chi connectivity index (χ1) is 15.0. The Hall–Kier alpha value is -3.20. The quantitative estimate of drug-likeness (QED) is 0.658. The second kappa shape index (κ2) is 7.81. The zero-order chi connectivity index (χ0) is 21.4. The molecule has 0 unspecified atom stereocenters. The fourth-order valence-corrected chi connectivity index (χ4v) is 5.50. The summed E-state index contributed by atoms with van der Waals surface area (Å²) in [4.78, 5) is 34.2. The number of rotatable bonds is 3. The second-order valence-electron chi connectivity index (χ2n) is 8.24. The molecule has 2 atom stereocenters. The molecule has 31 heavy (non-hydrogen) atoms. The van der Waals surface area contributed by atoms with Gasteiger partial charge in [0.1, 0.15) is 12.2 Å². The lowest BCUT2D eigenvalue weighted by molar-refractivity contribution is 0.0739. The minimum Gasteiger partial charge on any atom is -0.337 e. The van der Waals surface area contributed by atoms with Crippen LogP contribution in [0.25, 0.3) is 0 Å². The zero-order valence-corrected chi connectivity index (χ0v) is 18.1. The minimum absolute atomic E-state index is 0.0644. The Labute approximate surface area is 184 Å². The predicted molar refractivity (Wildman–Crippen MR) is 118 cm³/mol. The first-order valence-corrected chi connectivity index (χ1v) is 11.2. The highest BCUT2D eigenvalue weighted by molar-refractivity contribution is 7.13. The number of para-hydroxylation sites is 1. The third-order valence-corrected chi connectivity index (χ3v) is 7.26. The van der Waals surface area contributed by atoms with Crippen molar-refractivity contribution in [2.24, 2.45) is 5.41 Å². The molecule has 2 aromatic heterocycles. The van der Waals surface area contributed by atoms with Crippen molar-refractivity contribution in [1.29, 1.82) is 0 Å². The third-order valence-electron chi connectivity index (χ3n) is 6.27. The van der Waals surface area contributed by atoms with E-state index in [0.717, 1.165) is 40.7 Å². The van der Waals surface area contributed by atoms with E-state index in [9.17, 15) is 9.59 Å². The molecule has 3 amide bonds. The van der Waals surface area contributed by atoms with Crippen LogP contribution in [-0.4, -0.2) is 44.7 Å². The van der Waals surface area contributed by atoms with Crippen molar-refractivity contribution < 1.29 is 9.59 Å². The summed E-state index contributed by atoms with van der Waals surface area (Å²) in [6.07, 6.45) is 3.17. The van der Waals surface area contributed by atoms with Crippen LogP contribution < -0.4 is 10.6 Å². The number of carbonyl (C=O) groups excluding carboxylic acids is 2. The van der Waals surface area contributed by atoms with Crippen LogP contribution in [-0.2, 0) is 6.54 Å². The smallest absolute Gasteiger partial charge is 0.319 e. The molecule has 8 nitrogen and oxygen atoms in total. The summed E-state index contributed by atoms with van der Waals surface area (Å²) in [6.45, 7) is 3.99. The fraction of sp³-hybridized carbons (Fsp3) is 0.364. The van der Waals surface area contributed by atoms with Crippen LogP contribution in [0.15, 0.2) is 48.8 Å². The molecule has 160 valence electrons. The number of nitrogens with zero attached hydrogens (tertiary/aromatic N) is 4. The Morgan fingerprint density at radius 3 is 2.71 bits per heavy atom. The van der Waals surface area contributed by atoms with Gasteiger partial charge in [-0.05, 0) is 44.0 Å². The number of carbonyl (C=O) groups is 2. The van der Waals surface area contributed by atoms with Gasteiger partial charge in [-0.25, -0.2) is 14.5 Å². The van der Waals surface area contributed by atoms with Crippen LogP contribution in [0.2, 0.25) is 0 Å². The zero-order valence-electron chi connectivity index (χ0n) is 17.2. The summed E-state index contributed by atoms with van der Waals surface area (Å²) in [5, 5.41) is 10.3. The molecule has 0 radical (unpaired) electrons. The van der Waals surface area contributed by atoms with E-state index in [4.69, 9.17) is 0 Å². The molecule has 1 fully saturated rings. The number of amides is 3. The number of likely N-dealkylation sites (tertiary alicyclic amines) is 1. The summed E-state index contributed by atoms with van der Waals surface area (Å²) in [5.74, 6) is 0.810. The molecule has 9 heteroatoms. The highest BCUT2D eigenvalue weighted by atomic mass is 32.1. The SMILES string of the molecule is Cc1ccc(C(=O)N2CC[C@@]3(CCn4ncnc4[C@@H]3NC(=O)Nc3ccccc3)C2)s1. The van der Waals surface area contributed by atoms with E-state index in [0.29, 0.717) is 13.1 Å². The number of aromatic nitrogens is 3. The molecule has 3 aromatic rings. The number of nitrogens with one attached hydrogen (secondary N) is 2. The van der Waals surface area contributed by atoms with E-state index in [1.165, 1.54) is 17.7 Å². The average molecular weight is 437 g/mol. The maximum Gasteiger partial charge on any atom is 0.319 e. The molecule has 0 saturated carbocycles. The number of thiophene rings is 1. The monoisotopic (exact) mass is 436 g/mol. The van der Waals surface area contributed by atoms with E-state index in [1.54, 1.807) is 0 Å². The van der Waals surface area contributed by atoms with Gasteiger partial charge in [-0.3, -0.25) is 4.79 Å². The van der Waals surface area contributed by atoms with Crippen LogP contribution in [0.4, 0.5) is 10.5 Å². The summed E-state index contributed by atoms with van der Waals surface area (Å²) < 4.78 is 1.85. The topological polar surface area (TPSA) is 92.2 Å². The van der Waals surface area contributed by atoms with Crippen molar-refractivity contribution in [3.63, 3.8) is 0 Å². The molecule has 0 aliphatic carbocycles. The van der Waals surface area contributed by atoms with E-state index in [-0.39, 0.29) is 23.4 Å². The van der Waals surface area contributed by atoms with Gasteiger partial charge in [0.05, 0.1) is 10.9 Å². The number of fused-ring (bicyclic) bond motifs is 1. The Balaban J connectivity index is 1.38. The summed E-state index contributed by atoms with van der Waals surface area (Å²) in [6, 6.07) is 12.6. The van der Waals surface area contributed by atoms with Crippen LogP contribution in [0, 0.1) is 12.3 Å². The van der Waals surface area contributed by atoms with Crippen LogP contribution in [0.5, 0.6) is 0 Å². The molecule has 4 heterocycles. The predicted octanol–water partition coefficient (Wildman–Crippen LogP) is 3.45. The van der Waals surface area contributed by atoms with E-state index in [2.05, 4.69) is 20.7 Å². The number of urea groups is 1. The average Bonchev–Trinajstić information content (AvgIpc) is 3.51. The molecule has 5 rings (SSSR count). The molecular weight excluding hydrogens is 412 g/mol. The van der Waals surface area contributed by atoms with Crippen LogP contribution in [0.1, 0.15) is 39.3 Å². The van der Waals surface area contributed by atoms with Crippen molar-refractivity contribution in [3.8, 4) is 0 Å². The van der Waals surface area contributed by atoms with Crippen molar-refractivity contribution in [1.82, 2.24) is 25.0 Å². The largest absolute Gasteiger partial charge is 0.337 e. The lowest BCUT2D eigenvalue weighted by Gasteiger charge is -2.40. The van der Waals surface area contributed by atoms with Crippen LogP contribution in [0.3, 0.4) is 0 Å². The molecule has 2 aliphatic heterocycles. The van der Waals surface area contributed by atoms with Gasteiger partial charge >= 0.3 is 6.03 Å². The molecule has 1 aromatic carbocycles. The fourth-order valence-electron chi connectivity index (χ4n) is 4.67. The number of benzene rings is 1. The first-order valence-electron chi connectivity index (χ1n) is 10.4. The Morgan fingerprint density at radius 2 is 1.94 bits per heavy atom. The van der Waals surface area contributed by atoms with Gasteiger partial charge in [-0.15, -0.1) is 11.3 Å². The Bertz CT molecular complexity index is 1110. The maximum atomic E-state index is 13.1. The van der Waals surface area contributed by atoms with Crippen molar-refractivity contribution >= 4 is 29.0 Å². The molecule has 2 aliphatic rings. The molecule has 2 N–H and O–H groups in total. The van der Waals surface area contributed by atoms with Crippen molar-refractivity contribution in [2.45, 2.75) is 32.4 Å². The Kier molecular flexibility index (Phi) is 4.97. The van der Waals surface area contributed by atoms with E-state index < -0.39 is 0 Å². The van der Waals surface area contributed by atoms with Gasteiger partial charge in [0.2, 0.25) is 0 Å². The summed E-state index contributed by atoms with van der Waals surface area (Å²) in [5.41, 5.74) is 0.460. The Morgan fingerprint density at radius 1 is 1.13 bits per heavy atom. The number of hydrogen-bond acceptors (Lipinski definition) is 5. The van der Waals surface area contributed by atoms with Gasteiger partial charge in [0.25, 0.3) is 5.91 Å². The summed E-state index contributed by atoms with van der Waals surface area (Å²) in [7, 11) is 0. The van der Waals surface area contributed by atoms with Gasteiger partial charge < -0.3 is 15.5 Å². The minimum atomic E-state index is -0.324. The van der Waals surface area contributed by atoms with Gasteiger partial charge in [0.15, 0.2) is 0 Å². The van der Waals surface area contributed by atoms with Crippen molar-refractivity contribution in [3.05, 3.63) is 64.4 Å².